The van der Waals surface area contributed by atoms with Crippen LogP contribution >= 0.6 is 11.8 Å². The summed E-state index contributed by atoms with van der Waals surface area (Å²) in [7, 11) is 1.57. The highest BCUT2D eigenvalue weighted by atomic mass is 32.2. The van der Waals surface area contributed by atoms with E-state index in [1.54, 1.807) is 55.6 Å². The van der Waals surface area contributed by atoms with Crippen molar-refractivity contribution >= 4 is 28.8 Å². The highest BCUT2D eigenvalue weighted by Crippen LogP contribution is 2.34. The number of carboxylic acids is 1. The lowest BCUT2D eigenvalue weighted by Crippen LogP contribution is -2.27. The molecule has 3 rings (SSSR count). The molecule has 128 valence electrons. The molecule has 0 saturated carbocycles. The van der Waals surface area contributed by atoms with E-state index in [0.717, 1.165) is 5.56 Å². The summed E-state index contributed by atoms with van der Waals surface area (Å²) < 4.78 is 5.07. The Morgan fingerprint density at radius 2 is 1.76 bits per heavy atom. The first-order valence-corrected chi connectivity index (χ1v) is 8.44. The van der Waals surface area contributed by atoms with Gasteiger partial charge >= 0.3 is 5.97 Å². The maximum atomic E-state index is 12.3. The highest BCUT2D eigenvalue weighted by Gasteiger charge is 2.23. The normalized spacial score (nSPS) is 16.2. The Morgan fingerprint density at radius 1 is 1.12 bits per heavy atom. The fraction of sp³-hybridized carbons (Fsp3) is 0.167. The maximum absolute atomic E-state index is 12.3. The molecule has 1 aliphatic heterocycles. The van der Waals surface area contributed by atoms with Gasteiger partial charge in [0.15, 0.2) is 5.17 Å². The molecule has 0 aliphatic carbocycles. The van der Waals surface area contributed by atoms with Crippen molar-refractivity contribution in [3.63, 3.8) is 0 Å². The summed E-state index contributed by atoms with van der Waals surface area (Å²) in [5.41, 5.74) is 1.76. The minimum Gasteiger partial charge on any atom is -0.497 e. The summed E-state index contributed by atoms with van der Waals surface area (Å²) in [6.07, 6.45) is 0. The quantitative estimate of drug-likeness (QED) is 0.879. The number of nitrogens with zero attached hydrogens (tertiary/aromatic N) is 1. The summed E-state index contributed by atoms with van der Waals surface area (Å²) >= 11 is 1.45. The SMILES string of the molecule is COc1ccc(C(=O)NC2=NCC(c3ccc(C(=O)O)cc3)S2)cc1. The van der Waals surface area contributed by atoms with Gasteiger partial charge in [-0.3, -0.25) is 9.79 Å². The summed E-state index contributed by atoms with van der Waals surface area (Å²) in [5, 5.41) is 12.4. The van der Waals surface area contributed by atoms with Gasteiger partial charge in [-0.1, -0.05) is 23.9 Å². The van der Waals surface area contributed by atoms with E-state index in [2.05, 4.69) is 10.3 Å². The van der Waals surface area contributed by atoms with Gasteiger partial charge in [-0.15, -0.1) is 0 Å². The molecular formula is C18H16N2O4S. The van der Waals surface area contributed by atoms with Crippen molar-refractivity contribution in [2.24, 2.45) is 4.99 Å². The van der Waals surface area contributed by atoms with Crippen molar-refractivity contribution in [1.29, 1.82) is 0 Å². The van der Waals surface area contributed by atoms with Gasteiger partial charge in [-0.25, -0.2) is 4.79 Å². The molecule has 25 heavy (non-hydrogen) atoms. The minimum atomic E-state index is -0.950. The summed E-state index contributed by atoms with van der Waals surface area (Å²) in [6, 6.07) is 13.6. The van der Waals surface area contributed by atoms with Crippen molar-refractivity contribution in [3.05, 3.63) is 65.2 Å². The van der Waals surface area contributed by atoms with E-state index >= 15 is 0 Å². The molecule has 2 aromatic carbocycles. The summed E-state index contributed by atoms with van der Waals surface area (Å²) in [5.74, 6) is -0.487. The number of rotatable bonds is 4. The molecule has 7 heteroatoms. The van der Waals surface area contributed by atoms with Crippen molar-refractivity contribution in [1.82, 2.24) is 5.32 Å². The van der Waals surface area contributed by atoms with Gasteiger partial charge in [0.25, 0.3) is 5.91 Å². The second kappa shape index (κ2) is 7.40. The molecular weight excluding hydrogens is 340 g/mol. The van der Waals surface area contributed by atoms with Gasteiger partial charge in [0, 0.05) is 5.56 Å². The Morgan fingerprint density at radius 3 is 2.36 bits per heavy atom. The molecule has 0 saturated heterocycles. The molecule has 0 spiro atoms. The molecule has 2 N–H and O–H groups in total. The third kappa shape index (κ3) is 4.00. The third-order valence-corrected chi connectivity index (χ3v) is 4.92. The van der Waals surface area contributed by atoms with Crippen LogP contribution in [0.1, 0.15) is 31.5 Å². The number of amides is 1. The number of carbonyl (C=O) groups excluding carboxylic acids is 1. The zero-order valence-electron chi connectivity index (χ0n) is 13.4. The average molecular weight is 356 g/mol. The standard InChI is InChI=1S/C18H16N2O4S/c1-24-14-8-6-12(7-9-14)16(21)20-18-19-10-15(25-18)11-2-4-13(5-3-11)17(22)23/h2-9,15H,10H2,1H3,(H,22,23)(H,19,20,21). The molecule has 1 aliphatic rings. The first kappa shape index (κ1) is 17.0. The number of hydrogen-bond acceptors (Lipinski definition) is 5. The van der Waals surface area contributed by atoms with Gasteiger partial charge in [0.2, 0.25) is 0 Å². The van der Waals surface area contributed by atoms with Crippen molar-refractivity contribution < 1.29 is 19.4 Å². The maximum Gasteiger partial charge on any atom is 0.335 e. The molecule has 1 amide bonds. The van der Waals surface area contributed by atoms with E-state index in [0.29, 0.717) is 23.0 Å². The number of aromatic carboxylic acids is 1. The number of thioether (sulfide) groups is 1. The number of ether oxygens (including phenoxy) is 1. The van der Waals surface area contributed by atoms with E-state index in [-0.39, 0.29) is 16.7 Å². The van der Waals surface area contributed by atoms with E-state index in [1.165, 1.54) is 11.8 Å². The van der Waals surface area contributed by atoms with Crippen LogP contribution in [-0.2, 0) is 0 Å². The van der Waals surface area contributed by atoms with Crippen LogP contribution in [0.2, 0.25) is 0 Å². The number of carboxylic acid groups (broad SMARTS) is 1. The number of aliphatic imine (C=N–C) groups is 1. The second-order valence-electron chi connectivity index (χ2n) is 5.36. The van der Waals surface area contributed by atoms with Crippen molar-refractivity contribution in [2.75, 3.05) is 13.7 Å². The van der Waals surface area contributed by atoms with Crippen LogP contribution in [-0.4, -0.2) is 35.8 Å². The van der Waals surface area contributed by atoms with E-state index in [1.807, 2.05) is 0 Å². The Labute approximate surface area is 148 Å². The molecule has 0 aromatic heterocycles. The molecule has 1 atom stereocenters. The Hall–Kier alpha value is -2.80. The van der Waals surface area contributed by atoms with Crippen LogP contribution in [0, 0.1) is 0 Å². The van der Waals surface area contributed by atoms with Gasteiger partial charge in [-0.2, -0.15) is 0 Å². The lowest BCUT2D eigenvalue weighted by molar-refractivity contribution is 0.0696. The van der Waals surface area contributed by atoms with Gasteiger partial charge in [0.05, 0.1) is 24.5 Å². The summed E-state index contributed by atoms with van der Waals surface area (Å²) in [6.45, 7) is 0.537. The minimum absolute atomic E-state index is 0.0639. The van der Waals surface area contributed by atoms with Gasteiger partial charge in [-0.05, 0) is 42.0 Å². The zero-order chi connectivity index (χ0) is 17.8. The highest BCUT2D eigenvalue weighted by molar-refractivity contribution is 8.14. The number of methoxy groups -OCH3 is 1. The Bertz CT molecular complexity index is 816. The Balaban J connectivity index is 1.60. The number of amidine groups is 1. The van der Waals surface area contributed by atoms with Crippen molar-refractivity contribution in [3.8, 4) is 5.75 Å². The number of benzene rings is 2. The Kier molecular flexibility index (Phi) is 5.04. The van der Waals surface area contributed by atoms with Crippen LogP contribution in [0.15, 0.2) is 53.5 Å². The van der Waals surface area contributed by atoms with Crippen LogP contribution in [0.4, 0.5) is 0 Å². The fourth-order valence-corrected chi connectivity index (χ4v) is 3.38. The first-order chi connectivity index (χ1) is 12.1. The first-order valence-electron chi connectivity index (χ1n) is 7.56. The molecule has 1 unspecified atom stereocenters. The number of hydrogen-bond donors (Lipinski definition) is 2. The van der Waals surface area contributed by atoms with E-state index < -0.39 is 5.97 Å². The average Bonchev–Trinajstić information content (AvgIpc) is 3.10. The molecule has 0 radical (unpaired) electrons. The zero-order valence-corrected chi connectivity index (χ0v) is 14.2. The van der Waals surface area contributed by atoms with E-state index in [4.69, 9.17) is 9.84 Å². The predicted octanol–water partition coefficient (Wildman–Crippen LogP) is 2.97. The lowest BCUT2D eigenvalue weighted by atomic mass is 10.1. The van der Waals surface area contributed by atoms with E-state index in [9.17, 15) is 9.59 Å². The third-order valence-electron chi connectivity index (χ3n) is 3.76. The smallest absolute Gasteiger partial charge is 0.335 e. The molecule has 0 bridgehead atoms. The predicted molar refractivity (Wildman–Crippen MR) is 96.5 cm³/mol. The van der Waals surface area contributed by atoms with Gasteiger partial charge in [0.1, 0.15) is 5.75 Å². The van der Waals surface area contributed by atoms with Crippen LogP contribution in [0.5, 0.6) is 5.75 Å². The van der Waals surface area contributed by atoms with Crippen molar-refractivity contribution in [2.45, 2.75) is 5.25 Å². The second-order valence-corrected chi connectivity index (χ2v) is 6.55. The monoisotopic (exact) mass is 356 g/mol. The topological polar surface area (TPSA) is 88.0 Å². The van der Waals surface area contributed by atoms with Crippen LogP contribution in [0.3, 0.4) is 0 Å². The fourth-order valence-electron chi connectivity index (χ4n) is 2.37. The lowest BCUT2D eigenvalue weighted by Gasteiger charge is -2.09. The number of nitrogens with one attached hydrogen (secondary N) is 1. The molecule has 6 nitrogen and oxygen atoms in total. The molecule has 2 aromatic rings. The van der Waals surface area contributed by atoms with Gasteiger partial charge < -0.3 is 15.2 Å². The molecule has 1 heterocycles. The summed E-state index contributed by atoms with van der Waals surface area (Å²) in [4.78, 5) is 27.5. The van der Waals surface area contributed by atoms with Crippen LogP contribution in [0.25, 0.3) is 0 Å². The number of carbonyl (C=O) groups is 2. The largest absolute Gasteiger partial charge is 0.497 e. The van der Waals surface area contributed by atoms with Crippen LogP contribution < -0.4 is 10.1 Å². The molecule has 0 fully saturated rings.